The molecule has 2 aliphatic rings. The predicted octanol–water partition coefficient (Wildman–Crippen LogP) is 2.61. The normalized spacial score (nSPS) is 24.9. The number of hydrogen-bond donors (Lipinski definition) is 2. The lowest BCUT2D eigenvalue weighted by Crippen LogP contribution is -2.51. The summed E-state index contributed by atoms with van der Waals surface area (Å²) < 4.78 is 0. The van der Waals surface area contributed by atoms with Crippen LogP contribution in [-0.2, 0) is 4.79 Å². The summed E-state index contributed by atoms with van der Waals surface area (Å²) in [5.74, 6) is -0.780. The fourth-order valence-electron chi connectivity index (χ4n) is 3.21. The standard InChI is InChI=1S/C15H26N2O3/c1-15(8-4-9-15)11-16-14(20)17-10-3-2-5-12(17)6-7-13(18)19/h12H,2-11H2,1H3,(H,16,20)(H,18,19). The Balaban J connectivity index is 1.82. The summed E-state index contributed by atoms with van der Waals surface area (Å²) >= 11 is 0. The molecular formula is C15H26N2O3. The maximum Gasteiger partial charge on any atom is 0.317 e. The molecule has 1 heterocycles. The van der Waals surface area contributed by atoms with E-state index in [-0.39, 0.29) is 23.9 Å². The minimum atomic E-state index is -0.780. The van der Waals surface area contributed by atoms with Crippen LogP contribution in [0.25, 0.3) is 0 Å². The predicted molar refractivity (Wildman–Crippen MR) is 76.6 cm³/mol. The van der Waals surface area contributed by atoms with Gasteiger partial charge in [-0.3, -0.25) is 4.79 Å². The van der Waals surface area contributed by atoms with Crippen LogP contribution in [0.15, 0.2) is 0 Å². The maximum absolute atomic E-state index is 12.3. The number of amides is 2. The van der Waals surface area contributed by atoms with Gasteiger partial charge in [0.05, 0.1) is 0 Å². The number of carbonyl (C=O) groups excluding carboxylic acids is 1. The number of carboxylic acids is 1. The lowest BCUT2D eigenvalue weighted by Gasteiger charge is -2.40. The van der Waals surface area contributed by atoms with Crippen molar-refractivity contribution in [3.8, 4) is 0 Å². The van der Waals surface area contributed by atoms with Crippen molar-refractivity contribution < 1.29 is 14.7 Å². The molecule has 1 saturated carbocycles. The Morgan fingerprint density at radius 2 is 2.05 bits per heavy atom. The molecule has 0 aromatic heterocycles. The number of rotatable bonds is 5. The molecule has 1 saturated heterocycles. The zero-order chi connectivity index (χ0) is 14.6. The van der Waals surface area contributed by atoms with Crippen molar-refractivity contribution in [3.05, 3.63) is 0 Å². The van der Waals surface area contributed by atoms with Gasteiger partial charge >= 0.3 is 12.0 Å². The molecule has 5 heteroatoms. The monoisotopic (exact) mass is 282 g/mol. The maximum atomic E-state index is 12.3. The van der Waals surface area contributed by atoms with Gasteiger partial charge < -0.3 is 15.3 Å². The number of nitrogens with one attached hydrogen (secondary N) is 1. The van der Waals surface area contributed by atoms with E-state index in [1.807, 2.05) is 4.90 Å². The molecule has 2 rings (SSSR count). The van der Waals surface area contributed by atoms with Crippen LogP contribution in [-0.4, -0.2) is 41.1 Å². The van der Waals surface area contributed by atoms with E-state index in [9.17, 15) is 9.59 Å². The van der Waals surface area contributed by atoms with Crippen LogP contribution in [0.2, 0.25) is 0 Å². The zero-order valence-corrected chi connectivity index (χ0v) is 12.4. The van der Waals surface area contributed by atoms with Gasteiger partial charge in [-0.15, -0.1) is 0 Å². The molecule has 2 amide bonds. The Morgan fingerprint density at radius 1 is 1.30 bits per heavy atom. The van der Waals surface area contributed by atoms with E-state index in [0.717, 1.165) is 32.4 Å². The third kappa shape index (κ3) is 3.87. The molecule has 1 aliphatic carbocycles. The quantitative estimate of drug-likeness (QED) is 0.814. The topological polar surface area (TPSA) is 69.6 Å². The molecule has 114 valence electrons. The molecule has 0 aromatic rings. The number of hydrogen-bond acceptors (Lipinski definition) is 2. The third-order valence-corrected chi connectivity index (χ3v) is 4.81. The van der Waals surface area contributed by atoms with E-state index in [1.54, 1.807) is 0 Å². The highest BCUT2D eigenvalue weighted by molar-refractivity contribution is 5.75. The Hall–Kier alpha value is -1.26. The van der Waals surface area contributed by atoms with E-state index < -0.39 is 5.97 Å². The molecule has 0 bridgehead atoms. The van der Waals surface area contributed by atoms with Crippen LogP contribution >= 0.6 is 0 Å². The molecular weight excluding hydrogens is 256 g/mol. The minimum absolute atomic E-state index is 0.00628. The largest absolute Gasteiger partial charge is 0.481 e. The molecule has 2 fully saturated rings. The smallest absolute Gasteiger partial charge is 0.317 e. The van der Waals surface area contributed by atoms with Gasteiger partial charge in [0.15, 0.2) is 0 Å². The van der Waals surface area contributed by atoms with Crippen LogP contribution in [0, 0.1) is 5.41 Å². The summed E-state index contributed by atoms with van der Waals surface area (Å²) in [6, 6.07) is 0.0854. The lowest BCUT2D eigenvalue weighted by molar-refractivity contribution is -0.137. The van der Waals surface area contributed by atoms with Gasteiger partial charge in [0, 0.05) is 25.6 Å². The minimum Gasteiger partial charge on any atom is -0.481 e. The average molecular weight is 282 g/mol. The number of carbonyl (C=O) groups is 2. The fraction of sp³-hybridized carbons (Fsp3) is 0.867. The molecule has 0 aromatic carbocycles. The SMILES string of the molecule is CC1(CNC(=O)N2CCCCC2CCC(=O)O)CCC1. The molecule has 5 nitrogen and oxygen atoms in total. The highest BCUT2D eigenvalue weighted by atomic mass is 16.4. The first kappa shape index (κ1) is 15.1. The van der Waals surface area contributed by atoms with Crippen molar-refractivity contribution in [3.63, 3.8) is 0 Å². The van der Waals surface area contributed by atoms with Crippen molar-refractivity contribution in [1.82, 2.24) is 10.2 Å². The van der Waals surface area contributed by atoms with E-state index >= 15 is 0 Å². The van der Waals surface area contributed by atoms with Crippen LogP contribution < -0.4 is 5.32 Å². The van der Waals surface area contributed by atoms with Gasteiger partial charge in [0.2, 0.25) is 0 Å². The number of likely N-dealkylation sites (tertiary alicyclic amines) is 1. The second-order valence-corrected chi connectivity index (χ2v) is 6.60. The van der Waals surface area contributed by atoms with Crippen LogP contribution in [0.4, 0.5) is 4.79 Å². The molecule has 1 aliphatic heterocycles. The van der Waals surface area contributed by atoms with Crippen LogP contribution in [0.5, 0.6) is 0 Å². The summed E-state index contributed by atoms with van der Waals surface area (Å²) in [7, 11) is 0. The summed E-state index contributed by atoms with van der Waals surface area (Å²) in [5.41, 5.74) is 0.280. The van der Waals surface area contributed by atoms with E-state index in [2.05, 4.69) is 12.2 Å². The summed E-state index contributed by atoms with van der Waals surface area (Å²) in [4.78, 5) is 24.9. The Labute approximate surface area is 120 Å². The average Bonchev–Trinajstić information content (AvgIpc) is 2.40. The number of carboxylic acid groups (broad SMARTS) is 1. The van der Waals surface area contributed by atoms with E-state index in [4.69, 9.17) is 5.11 Å². The van der Waals surface area contributed by atoms with Gasteiger partial charge in [-0.2, -0.15) is 0 Å². The zero-order valence-electron chi connectivity index (χ0n) is 12.4. The van der Waals surface area contributed by atoms with E-state index in [0.29, 0.717) is 6.42 Å². The molecule has 1 atom stereocenters. The third-order valence-electron chi connectivity index (χ3n) is 4.81. The van der Waals surface area contributed by atoms with Gasteiger partial charge in [-0.05, 0) is 43.9 Å². The first-order chi connectivity index (χ1) is 9.50. The number of aliphatic carboxylic acids is 1. The van der Waals surface area contributed by atoms with Crippen LogP contribution in [0.3, 0.4) is 0 Å². The summed E-state index contributed by atoms with van der Waals surface area (Å²) in [6.45, 7) is 3.72. The highest BCUT2D eigenvalue weighted by Gasteiger charge is 2.33. The first-order valence-corrected chi connectivity index (χ1v) is 7.76. The van der Waals surface area contributed by atoms with Gasteiger partial charge in [0.25, 0.3) is 0 Å². The van der Waals surface area contributed by atoms with Crippen molar-refractivity contribution >= 4 is 12.0 Å². The van der Waals surface area contributed by atoms with E-state index in [1.165, 1.54) is 19.3 Å². The number of nitrogens with zero attached hydrogens (tertiary/aromatic N) is 1. The first-order valence-electron chi connectivity index (χ1n) is 7.76. The Morgan fingerprint density at radius 3 is 2.65 bits per heavy atom. The second-order valence-electron chi connectivity index (χ2n) is 6.60. The van der Waals surface area contributed by atoms with Crippen molar-refractivity contribution in [2.45, 2.75) is 64.3 Å². The van der Waals surface area contributed by atoms with Crippen molar-refractivity contribution in [2.24, 2.45) is 5.41 Å². The number of piperidine rings is 1. The van der Waals surface area contributed by atoms with Crippen molar-refractivity contribution in [2.75, 3.05) is 13.1 Å². The number of urea groups is 1. The summed E-state index contributed by atoms with van der Waals surface area (Å²) in [5, 5.41) is 11.9. The molecule has 0 spiro atoms. The molecule has 2 N–H and O–H groups in total. The molecule has 1 unspecified atom stereocenters. The fourth-order valence-corrected chi connectivity index (χ4v) is 3.21. The van der Waals surface area contributed by atoms with Crippen molar-refractivity contribution in [1.29, 1.82) is 0 Å². The second kappa shape index (κ2) is 6.46. The van der Waals surface area contributed by atoms with Gasteiger partial charge in [-0.1, -0.05) is 13.3 Å². The van der Waals surface area contributed by atoms with Gasteiger partial charge in [0.1, 0.15) is 0 Å². The Kier molecular flexibility index (Phi) is 4.89. The van der Waals surface area contributed by atoms with Gasteiger partial charge in [-0.25, -0.2) is 4.79 Å². The lowest BCUT2D eigenvalue weighted by atomic mass is 9.70. The summed E-state index contributed by atoms with van der Waals surface area (Å²) in [6.07, 6.45) is 7.40. The Bertz CT molecular complexity index is 366. The molecule has 0 radical (unpaired) electrons. The van der Waals surface area contributed by atoms with Crippen LogP contribution in [0.1, 0.15) is 58.3 Å². The molecule has 20 heavy (non-hydrogen) atoms. The highest BCUT2D eigenvalue weighted by Crippen LogP contribution is 2.39.